The Morgan fingerprint density at radius 3 is 0.833 bits per heavy atom. The summed E-state index contributed by atoms with van der Waals surface area (Å²) in [5, 5.41) is 21.5. The van der Waals surface area contributed by atoms with Gasteiger partial charge in [-0.3, -0.25) is 0 Å². The topological polar surface area (TPSA) is 49.7 Å². The van der Waals surface area contributed by atoms with Crippen molar-refractivity contribution in [2.75, 3.05) is 13.2 Å². The summed E-state index contributed by atoms with van der Waals surface area (Å²) in [5.41, 5.74) is -0.599. The summed E-state index contributed by atoms with van der Waals surface area (Å²) in [5.74, 6) is 0. The molecular formula is C57H110O3. The van der Waals surface area contributed by atoms with Crippen LogP contribution in [0.25, 0.3) is 0 Å². The molecule has 1 unspecified atom stereocenters. The van der Waals surface area contributed by atoms with Gasteiger partial charge in [-0.05, 0) is 96.3 Å². The van der Waals surface area contributed by atoms with Crippen LogP contribution in [-0.4, -0.2) is 35.1 Å². The van der Waals surface area contributed by atoms with Crippen molar-refractivity contribution in [3.8, 4) is 0 Å². The van der Waals surface area contributed by atoms with Crippen molar-refractivity contribution >= 4 is 0 Å². The fourth-order valence-electron chi connectivity index (χ4n) is 8.83. The van der Waals surface area contributed by atoms with E-state index in [-0.39, 0.29) is 6.61 Å². The Morgan fingerprint density at radius 1 is 0.333 bits per heavy atom. The zero-order valence-corrected chi connectivity index (χ0v) is 41.4. The molecular weight excluding hydrogens is 733 g/mol. The van der Waals surface area contributed by atoms with Crippen molar-refractivity contribution in [2.24, 2.45) is 0 Å². The van der Waals surface area contributed by atoms with E-state index in [0.29, 0.717) is 6.61 Å². The highest BCUT2D eigenvalue weighted by molar-refractivity contribution is 4.89. The van der Waals surface area contributed by atoms with Crippen molar-refractivity contribution in [3.63, 3.8) is 0 Å². The number of ether oxygens (including phenoxy) is 1. The van der Waals surface area contributed by atoms with E-state index in [4.69, 9.17) is 4.74 Å². The van der Waals surface area contributed by atoms with Crippen LogP contribution < -0.4 is 0 Å². The zero-order chi connectivity index (χ0) is 43.6. The SMILES string of the molecule is CCCCCCCCC=CCCCCCCCCOC(CCCCCCCCC=CCCCCCCCC)(CCCCCCCCC=CCCCCCCCC)C(O)CO. The second-order valence-electron chi connectivity index (χ2n) is 18.9. The van der Waals surface area contributed by atoms with Crippen LogP contribution in [0.4, 0.5) is 0 Å². The summed E-state index contributed by atoms with van der Waals surface area (Å²) >= 11 is 0. The third kappa shape index (κ3) is 42.4. The van der Waals surface area contributed by atoms with Gasteiger partial charge in [-0.2, -0.15) is 0 Å². The molecule has 0 spiro atoms. The zero-order valence-electron chi connectivity index (χ0n) is 41.4. The summed E-state index contributed by atoms with van der Waals surface area (Å²) < 4.78 is 6.72. The molecule has 2 N–H and O–H groups in total. The van der Waals surface area contributed by atoms with E-state index in [1.807, 2.05) is 0 Å². The van der Waals surface area contributed by atoms with Gasteiger partial charge in [0.1, 0.15) is 6.10 Å². The summed E-state index contributed by atoms with van der Waals surface area (Å²) in [7, 11) is 0. The van der Waals surface area contributed by atoms with Crippen molar-refractivity contribution < 1.29 is 14.9 Å². The van der Waals surface area contributed by atoms with Crippen LogP contribution in [0, 0.1) is 0 Å². The molecule has 0 rings (SSSR count). The number of aliphatic hydroxyl groups is 2. The lowest BCUT2D eigenvalue weighted by Gasteiger charge is -2.38. The normalized spacial score (nSPS) is 13.8. The van der Waals surface area contributed by atoms with E-state index in [1.165, 1.54) is 250 Å². The Labute approximate surface area is 378 Å². The Morgan fingerprint density at radius 2 is 0.567 bits per heavy atom. The highest BCUT2D eigenvalue weighted by Crippen LogP contribution is 2.32. The van der Waals surface area contributed by atoms with Gasteiger partial charge in [0.2, 0.25) is 0 Å². The molecule has 0 aliphatic carbocycles. The summed E-state index contributed by atoms with van der Waals surface area (Å²) in [6.45, 7) is 7.37. The first-order chi connectivity index (χ1) is 29.7. The van der Waals surface area contributed by atoms with Crippen LogP contribution in [0.1, 0.15) is 303 Å². The Hall–Kier alpha value is -0.900. The summed E-state index contributed by atoms with van der Waals surface area (Å²) in [6, 6.07) is 0. The van der Waals surface area contributed by atoms with Gasteiger partial charge in [0.15, 0.2) is 0 Å². The van der Waals surface area contributed by atoms with Crippen LogP contribution in [0.2, 0.25) is 0 Å². The number of rotatable bonds is 51. The molecule has 3 nitrogen and oxygen atoms in total. The van der Waals surface area contributed by atoms with Gasteiger partial charge in [0, 0.05) is 6.61 Å². The number of unbranched alkanes of at least 4 members (excludes halogenated alkanes) is 36. The first-order valence-electron chi connectivity index (χ1n) is 27.5. The van der Waals surface area contributed by atoms with Crippen molar-refractivity contribution in [2.45, 2.75) is 315 Å². The average molecular weight is 844 g/mol. The average Bonchev–Trinajstić information content (AvgIpc) is 3.26. The van der Waals surface area contributed by atoms with Crippen molar-refractivity contribution in [3.05, 3.63) is 36.5 Å². The minimum Gasteiger partial charge on any atom is -0.394 e. The van der Waals surface area contributed by atoms with Gasteiger partial charge in [-0.1, -0.05) is 243 Å². The van der Waals surface area contributed by atoms with Crippen molar-refractivity contribution in [1.82, 2.24) is 0 Å². The summed E-state index contributed by atoms with van der Waals surface area (Å²) in [4.78, 5) is 0. The minimum absolute atomic E-state index is 0.202. The molecule has 0 aromatic carbocycles. The molecule has 0 bridgehead atoms. The fourth-order valence-corrected chi connectivity index (χ4v) is 8.83. The van der Waals surface area contributed by atoms with Gasteiger partial charge < -0.3 is 14.9 Å². The number of aliphatic hydroxyl groups excluding tert-OH is 2. The van der Waals surface area contributed by atoms with Gasteiger partial charge in [0.05, 0.1) is 12.2 Å². The molecule has 356 valence electrons. The third-order valence-electron chi connectivity index (χ3n) is 13.0. The smallest absolute Gasteiger partial charge is 0.106 e. The molecule has 0 heterocycles. The Kier molecular flexibility index (Phi) is 50.0. The second kappa shape index (κ2) is 50.7. The molecule has 0 saturated heterocycles. The molecule has 0 aliphatic heterocycles. The standard InChI is InChI=1S/C57H110O3/c1-4-7-10-13-16-19-22-25-28-31-34-37-40-43-46-49-52-57(56(59)55-58,53-50-47-44-41-38-35-32-29-26-23-20-17-14-11-8-5-2)60-54-51-48-45-42-39-36-33-30-27-24-21-18-15-12-9-6-3/h25-30,56,58-59H,4-24,31-55H2,1-3H3. The highest BCUT2D eigenvalue weighted by Gasteiger charge is 2.37. The molecule has 0 radical (unpaired) electrons. The molecule has 0 aromatic heterocycles. The molecule has 0 aromatic rings. The van der Waals surface area contributed by atoms with Crippen LogP contribution >= 0.6 is 0 Å². The molecule has 1 atom stereocenters. The monoisotopic (exact) mass is 843 g/mol. The maximum absolute atomic E-state index is 11.3. The van der Waals surface area contributed by atoms with Crippen molar-refractivity contribution in [1.29, 1.82) is 0 Å². The van der Waals surface area contributed by atoms with Gasteiger partial charge in [-0.25, -0.2) is 0 Å². The molecule has 0 saturated carbocycles. The molecule has 3 heteroatoms. The number of hydrogen-bond acceptors (Lipinski definition) is 3. The van der Waals surface area contributed by atoms with E-state index in [1.54, 1.807) is 0 Å². The predicted molar refractivity (Wildman–Crippen MR) is 269 cm³/mol. The maximum Gasteiger partial charge on any atom is 0.106 e. The fraction of sp³-hybridized carbons (Fsp3) is 0.895. The molecule has 0 fully saturated rings. The van der Waals surface area contributed by atoms with Gasteiger partial charge in [-0.15, -0.1) is 0 Å². The lowest BCUT2D eigenvalue weighted by Crippen LogP contribution is -2.47. The number of allylic oxidation sites excluding steroid dienone is 6. The second-order valence-corrected chi connectivity index (χ2v) is 18.9. The lowest BCUT2D eigenvalue weighted by atomic mass is 9.84. The molecule has 0 amide bonds. The van der Waals surface area contributed by atoms with E-state index in [9.17, 15) is 10.2 Å². The predicted octanol–water partition coefficient (Wildman–Crippen LogP) is 19.0. The van der Waals surface area contributed by atoms with E-state index in [2.05, 4.69) is 57.2 Å². The van der Waals surface area contributed by atoms with Crippen LogP contribution in [-0.2, 0) is 4.74 Å². The Balaban J connectivity index is 4.53. The van der Waals surface area contributed by atoms with E-state index in [0.717, 1.165) is 32.1 Å². The maximum atomic E-state index is 11.3. The first-order valence-corrected chi connectivity index (χ1v) is 27.5. The molecule has 0 aliphatic rings. The lowest BCUT2D eigenvalue weighted by molar-refractivity contribution is -0.148. The largest absolute Gasteiger partial charge is 0.394 e. The Bertz CT molecular complexity index is 834. The van der Waals surface area contributed by atoms with Gasteiger partial charge in [0.25, 0.3) is 0 Å². The van der Waals surface area contributed by atoms with E-state index < -0.39 is 11.7 Å². The van der Waals surface area contributed by atoms with Crippen LogP contribution in [0.3, 0.4) is 0 Å². The summed E-state index contributed by atoms with van der Waals surface area (Å²) in [6.07, 6.45) is 70.1. The minimum atomic E-state index is -0.794. The first kappa shape index (κ1) is 59.1. The third-order valence-corrected chi connectivity index (χ3v) is 13.0. The number of hydrogen-bond donors (Lipinski definition) is 2. The van der Waals surface area contributed by atoms with Crippen LogP contribution in [0.5, 0.6) is 0 Å². The highest BCUT2D eigenvalue weighted by atomic mass is 16.5. The van der Waals surface area contributed by atoms with Gasteiger partial charge >= 0.3 is 0 Å². The molecule has 60 heavy (non-hydrogen) atoms. The van der Waals surface area contributed by atoms with Crippen LogP contribution in [0.15, 0.2) is 36.5 Å². The van der Waals surface area contributed by atoms with E-state index >= 15 is 0 Å². The quantitative estimate of drug-likeness (QED) is 0.0474.